The monoisotopic (exact) mass is 301 g/mol. The van der Waals surface area contributed by atoms with Crippen molar-refractivity contribution in [2.75, 3.05) is 12.9 Å². The fourth-order valence-electron chi connectivity index (χ4n) is 1.68. The lowest BCUT2D eigenvalue weighted by atomic mass is 10.1. The van der Waals surface area contributed by atoms with Crippen molar-refractivity contribution in [3.05, 3.63) is 39.4 Å². The number of ether oxygens (including phenoxy) is 1. The van der Waals surface area contributed by atoms with Gasteiger partial charge in [0, 0.05) is 11.6 Å². The number of hydrogen-bond acceptors (Lipinski definition) is 6. The molecular formula is C12H15NO6S. The number of benzene rings is 1. The number of carbonyl (C=O) groups excluding carboxylic acids is 1. The Morgan fingerprint density at radius 1 is 1.40 bits per heavy atom. The largest absolute Gasteiger partial charge is 0.469 e. The van der Waals surface area contributed by atoms with Crippen molar-refractivity contribution in [2.45, 2.75) is 19.1 Å². The van der Waals surface area contributed by atoms with E-state index in [1.54, 1.807) is 6.92 Å². The predicted octanol–water partition coefficient (Wildman–Crippen LogP) is 1.38. The number of carbonyl (C=O) groups is 1. The summed E-state index contributed by atoms with van der Waals surface area (Å²) in [4.78, 5) is 21.1. The highest BCUT2D eigenvalue weighted by Crippen LogP contribution is 2.20. The van der Waals surface area contributed by atoms with Gasteiger partial charge in [0.25, 0.3) is 5.69 Å². The topological polar surface area (TPSA) is 104 Å². The summed E-state index contributed by atoms with van der Waals surface area (Å²) in [6, 6.07) is 4.15. The molecule has 0 aromatic heterocycles. The maximum Gasteiger partial charge on any atom is 0.306 e. The summed E-state index contributed by atoms with van der Waals surface area (Å²) in [5.74, 6) is -1.16. The molecule has 0 heterocycles. The maximum atomic E-state index is 11.8. The number of nitrogens with zero attached hydrogens (tertiary/aromatic N) is 1. The first-order chi connectivity index (χ1) is 9.25. The molecule has 0 aliphatic heterocycles. The number of methoxy groups -OCH3 is 1. The third-order valence-electron chi connectivity index (χ3n) is 2.69. The van der Waals surface area contributed by atoms with Crippen LogP contribution in [0.3, 0.4) is 0 Å². The zero-order valence-electron chi connectivity index (χ0n) is 11.2. The summed E-state index contributed by atoms with van der Waals surface area (Å²) in [5.41, 5.74) is 0.800. The van der Waals surface area contributed by atoms with Crippen LogP contribution in [0.5, 0.6) is 0 Å². The Hall–Kier alpha value is -1.96. The molecule has 0 amide bonds. The maximum absolute atomic E-state index is 11.8. The van der Waals surface area contributed by atoms with E-state index in [9.17, 15) is 23.3 Å². The molecule has 0 spiro atoms. The molecule has 0 fully saturated rings. The van der Waals surface area contributed by atoms with E-state index >= 15 is 0 Å². The summed E-state index contributed by atoms with van der Waals surface area (Å²) in [5, 5.41) is 10.7. The molecule has 20 heavy (non-hydrogen) atoms. The third kappa shape index (κ3) is 4.61. The average molecular weight is 301 g/mol. The van der Waals surface area contributed by atoms with E-state index in [4.69, 9.17) is 0 Å². The molecule has 1 aromatic rings. The Bertz CT molecular complexity index is 623. The minimum Gasteiger partial charge on any atom is -0.469 e. The number of nitro groups is 1. The summed E-state index contributed by atoms with van der Waals surface area (Å²) in [7, 11) is -2.27. The Balaban J connectivity index is 2.80. The second-order valence-electron chi connectivity index (χ2n) is 4.30. The summed E-state index contributed by atoms with van der Waals surface area (Å²) in [6.07, 6.45) is -0.204. The van der Waals surface area contributed by atoms with Gasteiger partial charge in [-0.3, -0.25) is 14.9 Å². The fraction of sp³-hybridized carbons (Fsp3) is 0.417. The molecule has 0 radical (unpaired) electrons. The zero-order chi connectivity index (χ0) is 15.3. The number of rotatable bonds is 6. The number of esters is 1. The lowest BCUT2D eigenvalue weighted by Crippen LogP contribution is -2.14. The van der Waals surface area contributed by atoms with E-state index < -0.39 is 20.7 Å². The van der Waals surface area contributed by atoms with Crippen molar-refractivity contribution in [1.29, 1.82) is 0 Å². The SMILES string of the molecule is COC(=O)CCS(=O)(=O)Cc1ccc([N+](=O)[O-])c(C)c1. The number of hydrogen-bond donors (Lipinski definition) is 0. The van der Waals surface area contributed by atoms with Crippen LogP contribution in [0.15, 0.2) is 18.2 Å². The van der Waals surface area contributed by atoms with Crippen LogP contribution < -0.4 is 0 Å². The van der Waals surface area contributed by atoms with Gasteiger partial charge in [-0.1, -0.05) is 6.07 Å². The van der Waals surface area contributed by atoms with Gasteiger partial charge in [-0.2, -0.15) is 0 Å². The van der Waals surface area contributed by atoms with E-state index in [0.717, 1.165) is 0 Å². The van der Waals surface area contributed by atoms with E-state index in [0.29, 0.717) is 11.1 Å². The average Bonchev–Trinajstić information content (AvgIpc) is 2.35. The highest BCUT2D eigenvalue weighted by atomic mass is 32.2. The van der Waals surface area contributed by atoms with E-state index in [1.165, 1.54) is 25.3 Å². The second kappa shape index (κ2) is 6.47. The molecule has 0 saturated heterocycles. The highest BCUT2D eigenvalue weighted by molar-refractivity contribution is 7.90. The molecule has 0 atom stereocenters. The molecule has 7 nitrogen and oxygen atoms in total. The Morgan fingerprint density at radius 3 is 2.55 bits per heavy atom. The first-order valence-corrected chi connectivity index (χ1v) is 7.58. The minimum absolute atomic E-state index is 0.0549. The van der Waals surface area contributed by atoms with Crippen molar-refractivity contribution in [1.82, 2.24) is 0 Å². The molecule has 1 aromatic carbocycles. The first-order valence-electron chi connectivity index (χ1n) is 5.76. The molecule has 0 saturated carbocycles. The number of nitro benzene ring substituents is 1. The number of aryl methyl sites for hydroxylation is 1. The third-order valence-corrected chi connectivity index (χ3v) is 4.29. The van der Waals surface area contributed by atoms with Gasteiger partial charge in [0.1, 0.15) is 0 Å². The van der Waals surface area contributed by atoms with E-state index in [1.807, 2.05) is 0 Å². The van der Waals surface area contributed by atoms with Crippen LogP contribution in [-0.4, -0.2) is 32.2 Å². The van der Waals surface area contributed by atoms with Crippen LogP contribution in [0.4, 0.5) is 5.69 Å². The predicted molar refractivity (Wildman–Crippen MR) is 72.0 cm³/mol. The van der Waals surface area contributed by atoms with E-state index in [-0.39, 0.29) is 23.6 Å². The molecular weight excluding hydrogens is 286 g/mol. The lowest BCUT2D eigenvalue weighted by molar-refractivity contribution is -0.385. The summed E-state index contributed by atoms with van der Waals surface area (Å²) < 4.78 is 28.0. The number of sulfone groups is 1. The summed E-state index contributed by atoms with van der Waals surface area (Å²) >= 11 is 0. The molecule has 8 heteroatoms. The Kier molecular flexibility index (Phi) is 5.20. The van der Waals surface area contributed by atoms with Crippen LogP contribution in [0.1, 0.15) is 17.5 Å². The van der Waals surface area contributed by atoms with Crippen molar-refractivity contribution < 1.29 is 22.9 Å². The smallest absolute Gasteiger partial charge is 0.306 e. The molecule has 0 aliphatic rings. The normalized spacial score (nSPS) is 11.1. The highest BCUT2D eigenvalue weighted by Gasteiger charge is 2.17. The van der Waals surface area contributed by atoms with Gasteiger partial charge in [0.05, 0.1) is 30.0 Å². The second-order valence-corrected chi connectivity index (χ2v) is 6.48. The van der Waals surface area contributed by atoms with Gasteiger partial charge >= 0.3 is 5.97 Å². The van der Waals surface area contributed by atoms with E-state index in [2.05, 4.69) is 4.74 Å². The van der Waals surface area contributed by atoms with Crippen LogP contribution in [0.2, 0.25) is 0 Å². The van der Waals surface area contributed by atoms with Crippen molar-refractivity contribution >= 4 is 21.5 Å². The van der Waals surface area contributed by atoms with Gasteiger partial charge in [0.2, 0.25) is 0 Å². The standard InChI is InChI=1S/C12H15NO6S/c1-9-7-10(3-4-11(9)13(15)16)8-20(17,18)6-5-12(14)19-2/h3-4,7H,5-6,8H2,1-2H3. The Labute approximate surface area is 116 Å². The molecule has 0 aliphatic carbocycles. The van der Waals surface area contributed by atoms with Gasteiger partial charge < -0.3 is 4.74 Å². The van der Waals surface area contributed by atoms with Crippen LogP contribution in [0.25, 0.3) is 0 Å². The fourth-order valence-corrected chi connectivity index (χ4v) is 2.99. The van der Waals surface area contributed by atoms with Gasteiger partial charge in [-0.15, -0.1) is 0 Å². The molecule has 0 bridgehead atoms. The quantitative estimate of drug-likeness (QED) is 0.446. The van der Waals surface area contributed by atoms with Gasteiger partial charge in [-0.05, 0) is 18.6 Å². The van der Waals surface area contributed by atoms with Crippen LogP contribution >= 0.6 is 0 Å². The molecule has 0 unspecified atom stereocenters. The molecule has 0 N–H and O–H groups in total. The van der Waals surface area contributed by atoms with Crippen molar-refractivity contribution in [2.24, 2.45) is 0 Å². The Morgan fingerprint density at radius 2 is 2.05 bits per heavy atom. The summed E-state index contributed by atoms with van der Waals surface area (Å²) in [6.45, 7) is 1.54. The van der Waals surface area contributed by atoms with Crippen molar-refractivity contribution in [3.63, 3.8) is 0 Å². The van der Waals surface area contributed by atoms with Crippen LogP contribution in [0, 0.1) is 17.0 Å². The zero-order valence-corrected chi connectivity index (χ0v) is 12.0. The molecule has 110 valence electrons. The lowest BCUT2D eigenvalue weighted by Gasteiger charge is -2.05. The van der Waals surface area contributed by atoms with Gasteiger partial charge in [0.15, 0.2) is 9.84 Å². The van der Waals surface area contributed by atoms with Gasteiger partial charge in [-0.25, -0.2) is 8.42 Å². The van der Waals surface area contributed by atoms with Crippen molar-refractivity contribution in [3.8, 4) is 0 Å². The first kappa shape index (κ1) is 16.1. The van der Waals surface area contributed by atoms with Crippen LogP contribution in [-0.2, 0) is 25.1 Å². The molecule has 1 rings (SSSR count). The minimum atomic E-state index is -3.46.